The third kappa shape index (κ3) is 4.23. The smallest absolute Gasteiger partial charge is 0.187 e. The summed E-state index contributed by atoms with van der Waals surface area (Å²) in [5, 5.41) is 7.61. The van der Waals surface area contributed by atoms with E-state index in [0.717, 1.165) is 28.4 Å². The highest BCUT2D eigenvalue weighted by atomic mass is 32.1. The van der Waals surface area contributed by atoms with Crippen LogP contribution in [0.15, 0.2) is 48.1 Å². The minimum atomic E-state index is 0.468. The number of benzene rings is 1. The lowest BCUT2D eigenvalue weighted by Crippen LogP contribution is -2.31. The van der Waals surface area contributed by atoms with Crippen LogP contribution in [-0.2, 0) is 0 Å². The molecule has 0 saturated carbocycles. The Labute approximate surface area is 148 Å². The molecule has 0 spiro atoms. The van der Waals surface area contributed by atoms with E-state index in [1.807, 2.05) is 24.3 Å². The number of aryl methyl sites for hydroxylation is 1. The van der Waals surface area contributed by atoms with Crippen LogP contribution in [0, 0.1) is 13.8 Å². The van der Waals surface area contributed by atoms with E-state index in [1.54, 1.807) is 19.4 Å². The van der Waals surface area contributed by atoms with E-state index in [-0.39, 0.29) is 0 Å². The van der Waals surface area contributed by atoms with Gasteiger partial charge < -0.3 is 14.6 Å². The topological polar surface area (TPSA) is 50.6 Å². The molecule has 0 atom stereocenters. The van der Waals surface area contributed by atoms with Crippen LogP contribution in [0.25, 0.3) is 5.69 Å². The van der Waals surface area contributed by atoms with E-state index < -0.39 is 0 Å². The zero-order valence-corrected chi connectivity index (χ0v) is 15.0. The number of hydrogen-bond donors (Lipinski definition) is 2. The predicted molar refractivity (Wildman–Crippen MR) is 103 cm³/mol. The molecule has 2 N–H and O–H groups in total. The van der Waals surface area contributed by atoms with Gasteiger partial charge >= 0.3 is 0 Å². The van der Waals surface area contributed by atoms with E-state index in [4.69, 9.17) is 17.0 Å². The summed E-state index contributed by atoms with van der Waals surface area (Å²) in [7, 11) is 1.66. The van der Waals surface area contributed by atoms with Gasteiger partial charge in [0.25, 0.3) is 0 Å². The number of rotatable bonds is 6. The predicted octanol–water partition coefficient (Wildman–Crippen LogP) is 3.09. The second kappa shape index (κ2) is 8.31. The first-order chi connectivity index (χ1) is 11.6. The quantitative estimate of drug-likeness (QED) is 0.367. The third-order valence-electron chi connectivity index (χ3n) is 3.58. The fourth-order valence-corrected chi connectivity index (χ4v) is 2.55. The van der Waals surface area contributed by atoms with Crippen LogP contribution < -0.4 is 15.5 Å². The summed E-state index contributed by atoms with van der Waals surface area (Å²) in [6.07, 6.45) is 3.50. The Kier molecular flexibility index (Phi) is 6.14. The van der Waals surface area contributed by atoms with Crippen LogP contribution in [0.5, 0.6) is 5.75 Å². The van der Waals surface area contributed by atoms with Crippen molar-refractivity contribution in [1.29, 1.82) is 0 Å². The van der Waals surface area contributed by atoms with Crippen molar-refractivity contribution in [3.8, 4) is 11.4 Å². The maximum Gasteiger partial charge on any atom is 0.187 e. The standard InChI is InChI=1S/C18H22N4OS/c1-5-10-19-18(24)21-20-12-15-11-13(2)22(14(15)3)16-6-8-17(23-4)9-7-16/h5-9,11-12H,1,10H2,2-4H3,(H2,19,21,24)/b20-12+. The van der Waals surface area contributed by atoms with Crippen LogP contribution in [0.4, 0.5) is 0 Å². The summed E-state index contributed by atoms with van der Waals surface area (Å²) in [6, 6.07) is 10.1. The summed E-state index contributed by atoms with van der Waals surface area (Å²) in [6.45, 7) is 8.36. The molecule has 24 heavy (non-hydrogen) atoms. The highest BCUT2D eigenvalue weighted by molar-refractivity contribution is 7.80. The van der Waals surface area contributed by atoms with Crippen LogP contribution >= 0.6 is 12.2 Å². The first kappa shape index (κ1) is 17.7. The number of ether oxygens (including phenoxy) is 1. The molecule has 6 heteroatoms. The third-order valence-corrected chi connectivity index (χ3v) is 3.81. The lowest BCUT2D eigenvalue weighted by atomic mass is 10.2. The Balaban J connectivity index is 2.16. The first-order valence-corrected chi connectivity index (χ1v) is 7.98. The van der Waals surface area contributed by atoms with Crippen LogP contribution in [0.3, 0.4) is 0 Å². The maximum atomic E-state index is 5.21. The van der Waals surface area contributed by atoms with Crippen LogP contribution in [0.1, 0.15) is 17.0 Å². The summed E-state index contributed by atoms with van der Waals surface area (Å²) >= 11 is 5.10. The molecule has 0 bridgehead atoms. The van der Waals surface area contributed by atoms with Crippen molar-refractivity contribution in [2.75, 3.05) is 13.7 Å². The molecule has 0 fully saturated rings. The monoisotopic (exact) mass is 342 g/mol. The minimum absolute atomic E-state index is 0.468. The van der Waals surface area contributed by atoms with Crippen molar-refractivity contribution in [1.82, 2.24) is 15.3 Å². The molecule has 1 heterocycles. The fraction of sp³-hybridized carbons (Fsp3) is 0.222. The summed E-state index contributed by atoms with van der Waals surface area (Å²) in [5.74, 6) is 0.840. The molecular formula is C18H22N4OS. The molecule has 0 unspecified atom stereocenters. The molecule has 2 aromatic rings. The lowest BCUT2D eigenvalue weighted by molar-refractivity contribution is 0.414. The molecule has 0 amide bonds. The SMILES string of the molecule is C=CCNC(=S)N/N=C/c1cc(C)n(-c2ccc(OC)cc2)c1C. The number of nitrogens with one attached hydrogen (secondary N) is 2. The van der Waals surface area contributed by atoms with Crippen molar-refractivity contribution in [3.05, 3.63) is 59.9 Å². The van der Waals surface area contributed by atoms with Gasteiger partial charge in [0, 0.05) is 29.2 Å². The molecule has 0 radical (unpaired) electrons. The molecule has 126 valence electrons. The van der Waals surface area contributed by atoms with Crippen LogP contribution in [-0.4, -0.2) is 29.5 Å². The molecular weight excluding hydrogens is 320 g/mol. The van der Waals surface area contributed by atoms with Crippen molar-refractivity contribution in [3.63, 3.8) is 0 Å². The Hall–Kier alpha value is -2.60. The van der Waals surface area contributed by atoms with Gasteiger partial charge in [0.15, 0.2) is 5.11 Å². The number of methoxy groups -OCH3 is 1. The second-order valence-corrected chi connectivity index (χ2v) is 5.64. The van der Waals surface area contributed by atoms with E-state index in [1.165, 1.54) is 0 Å². The zero-order chi connectivity index (χ0) is 17.5. The van der Waals surface area contributed by atoms with Gasteiger partial charge in [-0.15, -0.1) is 6.58 Å². The van der Waals surface area contributed by atoms with Crippen molar-refractivity contribution in [2.24, 2.45) is 5.10 Å². The Morgan fingerprint density at radius 1 is 1.33 bits per heavy atom. The Morgan fingerprint density at radius 3 is 2.67 bits per heavy atom. The zero-order valence-electron chi connectivity index (χ0n) is 14.2. The number of nitrogens with zero attached hydrogens (tertiary/aromatic N) is 2. The molecule has 0 saturated heterocycles. The maximum absolute atomic E-state index is 5.21. The van der Waals surface area contributed by atoms with Gasteiger partial charge in [-0.25, -0.2) is 0 Å². The molecule has 1 aromatic heterocycles. The molecule has 0 aliphatic carbocycles. The highest BCUT2D eigenvalue weighted by Crippen LogP contribution is 2.21. The van der Waals surface area contributed by atoms with E-state index >= 15 is 0 Å². The fourth-order valence-electron chi connectivity index (χ4n) is 2.41. The number of hydrazone groups is 1. The van der Waals surface area contributed by atoms with E-state index in [9.17, 15) is 0 Å². The molecule has 5 nitrogen and oxygen atoms in total. The minimum Gasteiger partial charge on any atom is -0.497 e. The average molecular weight is 342 g/mol. The normalized spacial score (nSPS) is 10.6. The largest absolute Gasteiger partial charge is 0.497 e. The molecule has 1 aromatic carbocycles. The number of thiocarbonyl (C=S) groups is 1. The average Bonchev–Trinajstić information content (AvgIpc) is 2.87. The lowest BCUT2D eigenvalue weighted by Gasteiger charge is -2.10. The van der Waals surface area contributed by atoms with Crippen LogP contribution in [0.2, 0.25) is 0 Å². The summed E-state index contributed by atoms with van der Waals surface area (Å²) in [5.41, 5.74) is 7.14. The summed E-state index contributed by atoms with van der Waals surface area (Å²) in [4.78, 5) is 0. The van der Waals surface area contributed by atoms with Gasteiger partial charge in [0.2, 0.25) is 0 Å². The van der Waals surface area contributed by atoms with E-state index in [0.29, 0.717) is 11.7 Å². The Morgan fingerprint density at radius 2 is 2.04 bits per heavy atom. The highest BCUT2D eigenvalue weighted by Gasteiger charge is 2.09. The number of hydrogen-bond acceptors (Lipinski definition) is 3. The van der Waals surface area contributed by atoms with Crippen molar-refractivity contribution in [2.45, 2.75) is 13.8 Å². The summed E-state index contributed by atoms with van der Waals surface area (Å²) < 4.78 is 7.39. The van der Waals surface area contributed by atoms with Crippen molar-refractivity contribution >= 4 is 23.5 Å². The van der Waals surface area contributed by atoms with Gasteiger partial charge in [0.1, 0.15) is 5.75 Å². The van der Waals surface area contributed by atoms with Gasteiger partial charge in [-0.05, 0) is 56.4 Å². The second-order valence-electron chi connectivity index (χ2n) is 5.23. The van der Waals surface area contributed by atoms with Gasteiger partial charge in [-0.1, -0.05) is 6.08 Å². The molecule has 0 aliphatic rings. The molecule has 0 aliphatic heterocycles. The molecule has 2 rings (SSSR count). The van der Waals surface area contributed by atoms with Crippen molar-refractivity contribution < 1.29 is 4.74 Å². The number of aromatic nitrogens is 1. The van der Waals surface area contributed by atoms with E-state index in [2.05, 4.69) is 46.9 Å². The van der Waals surface area contributed by atoms with Gasteiger partial charge in [-0.3, -0.25) is 5.43 Å². The van der Waals surface area contributed by atoms with Gasteiger partial charge in [0.05, 0.1) is 13.3 Å². The Bertz CT molecular complexity index is 747. The first-order valence-electron chi connectivity index (χ1n) is 7.58. The van der Waals surface area contributed by atoms with Gasteiger partial charge in [-0.2, -0.15) is 5.10 Å².